The Bertz CT molecular complexity index is 1190. The van der Waals surface area contributed by atoms with E-state index in [1.165, 1.54) is 116 Å². The minimum atomic E-state index is -4.38. The Labute approximate surface area is 382 Å². The summed E-state index contributed by atoms with van der Waals surface area (Å²) in [4.78, 5) is 35.5. The third-order valence-electron chi connectivity index (χ3n) is 10.9. The highest BCUT2D eigenvalue weighted by Gasteiger charge is 2.27. The highest BCUT2D eigenvalue weighted by molar-refractivity contribution is 7.47. The van der Waals surface area contributed by atoms with Crippen molar-refractivity contribution in [1.82, 2.24) is 0 Å². The van der Waals surface area contributed by atoms with Crippen LogP contribution in [0.5, 0.6) is 0 Å². The van der Waals surface area contributed by atoms with E-state index in [0.29, 0.717) is 17.4 Å². The van der Waals surface area contributed by atoms with Crippen molar-refractivity contribution in [2.75, 3.05) is 47.5 Å². The number of esters is 2. The molecule has 1 N–H and O–H groups in total. The zero-order chi connectivity index (χ0) is 45.7. The summed E-state index contributed by atoms with van der Waals surface area (Å²) in [6.07, 6.45) is 53.0. The van der Waals surface area contributed by atoms with Crippen LogP contribution in [0.4, 0.5) is 0 Å². The van der Waals surface area contributed by atoms with Gasteiger partial charge in [0.15, 0.2) is 6.10 Å². The number of phosphoric ester groups is 1. The number of ether oxygens (including phenoxy) is 2. The molecule has 0 heterocycles. The quantitative estimate of drug-likeness (QED) is 0.0212. The molecule has 0 bridgehead atoms. The number of likely N-dealkylation sites (N-methyl/N-ethyl adjacent to an activating group) is 1. The molecule has 2 unspecified atom stereocenters. The first-order valence-corrected chi connectivity index (χ1v) is 26.9. The maximum Gasteiger partial charge on any atom is 0.472 e. The van der Waals surface area contributed by atoms with Crippen LogP contribution in [0.1, 0.15) is 219 Å². The summed E-state index contributed by atoms with van der Waals surface area (Å²) in [5, 5.41) is 0. The topological polar surface area (TPSA) is 108 Å². The average Bonchev–Trinajstić information content (AvgIpc) is 3.23. The highest BCUT2D eigenvalue weighted by Crippen LogP contribution is 2.43. The van der Waals surface area contributed by atoms with Crippen LogP contribution in [0.25, 0.3) is 0 Å². The molecule has 0 radical (unpaired) electrons. The van der Waals surface area contributed by atoms with E-state index < -0.39 is 26.5 Å². The first-order valence-electron chi connectivity index (χ1n) is 25.4. The Morgan fingerprint density at radius 3 is 1.37 bits per heavy atom. The van der Waals surface area contributed by atoms with Crippen LogP contribution in [0.2, 0.25) is 0 Å². The summed E-state index contributed by atoms with van der Waals surface area (Å²) >= 11 is 0. The molecule has 0 saturated carbocycles. The summed E-state index contributed by atoms with van der Waals surface area (Å²) in [5.74, 6) is -0.800. The van der Waals surface area contributed by atoms with Crippen LogP contribution in [-0.4, -0.2) is 74.9 Å². The van der Waals surface area contributed by atoms with Crippen LogP contribution in [0.15, 0.2) is 48.6 Å². The molecular formula is C52H97NO8P+. The van der Waals surface area contributed by atoms with Crippen molar-refractivity contribution in [1.29, 1.82) is 0 Å². The molecule has 0 amide bonds. The van der Waals surface area contributed by atoms with E-state index in [1.54, 1.807) is 0 Å². The van der Waals surface area contributed by atoms with Crippen molar-refractivity contribution < 1.29 is 42.1 Å². The summed E-state index contributed by atoms with van der Waals surface area (Å²) < 4.78 is 34.5. The van der Waals surface area contributed by atoms with E-state index in [4.69, 9.17) is 18.5 Å². The summed E-state index contributed by atoms with van der Waals surface area (Å²) in [7, 11) is 1.47. The second-order valence-electron chi connectivity index (χ2n) is 18.2. The molecule has 0 aromatic rings. The largest absolute Gasteiger partial charge is 0.472 e. The number of unbranched alkanes of at least 4 members (excludes halogenated alkanes) is 24. The Hall–Kier alpha value is -2.03. The lowest BCUT2D eigenvalue weighted by Crippen LogP contribution is -2.37. The van der Waals surface area contributed by atoms with Gasteiger partial charge < -0.3 is 18.9 Å². The van der Waals surface area contributed by atoms with Crippen molar-refractivity contribution in [3.8, 4) is 0 Å². The molecule has 0 saturated heterocycles. The van der Waals surface area contributed by atoms with Gasteiger partial charge in [0.25, 0.3) is 0 Å². The first-order chi connectivity index (χ1) is 30.0. The fourth-order valence-electron chi connectivity index (χ4n) is 6.95. The molecule has 0 aliphatic rings. The predicted molar refractivity (Wildman–Crippen MR) is 261 cm³/mol. The Morgan fingerprint density at radius 2 is 0.919 bits per heavy atom. The molecule has 0 aliphatic heterocycles. The molecule has 10 heteroatoms. The van der Waals surface area contributed by atoms with E-state index in [1.807, 2.05) is 21.1 Å². The van der Waals surface area contributed by atoms with E-state index in [0.717, 1.165) is 70.6 Å². The van der Waals surface area contributed by atoms with Crippen LogP contribution in [0, 0.1) is 0 Å². The molecule has 0 aromatic carbocycles. The summed E-state index contributed by atoms with van der Waals surface area (Å²) in [6.45, 7) is 4.33. The van der Waals surface area contributed by atoms with E-state index in [-0.39, 0.29) is 32.0 Å². The molecule has 9 nitrogen and oxygen atoms in total. The average molecular weight is 895 g/mol. The van der Waals surface area contributed by atoms with Gasteiger partial charge in [0.2, 0.25) is 0 Å². The zero-order valence-electron chi connectivity index (χ0n) is 40.9. The van der Waals surface area contributed by atoms with Gasteiger partial charge in [0.05, 0.1) is 27.7 Å². The normalized spacial score (nSPS) is 13.8. The van der Waals surface area contributed by atoms with E-state index >= 15 is 0 Å². The molecule has 2 atom stereocenters. The molecular weight excluding hydrogens is 798 g/mol. The number of rotatable bonds is 46. The second kappa shape index (κ2) is 44.2. The summed E-state index contributed by atoms with van der Waals surface area (Å²) in [6, 6.07) is 0. The highest BCUT2D eigenvalue weighted by atomic mass is 31.2. The number of hydrogen-bond acceptors (Lipinski definition) is 7. The lowest BCUT2D eigenvalue weighted by Gasteiger charge is -2.24. The number of hydrogen-bond donors (Lipinski definition) is 1. The van der Waals surface area contributed by atoms with Crippen LogP contribution >= 0.6 is 7.82 Å². The van der Waals surface area contributed by atoms with Gasteiger partial charge >= 0.3 is 19.8 Å². The van der Waals surface area contributed by atoms with E-state index in [9.17, 15) is 19.0 Å². The Balaban J connectivity index is 4.27. The van der Waals surface area contributed by atoms with Gasteiger partial charge in [-0.15, -0.1) is 0 Å². The fraction of sp³-hybridized carbons (Fsp3) is 0.808. The zero-order valence-corrected chi connectivity index (χ0v) is 41.7. The number of nitrogens with zero attached hydrogens (tertiary/aromatic N) is 1. The van der Waals surface area contributed by atoms with Crippen LogP contribution in [0.3, 0.4) is 0 Å². The molecule has 62 heavy (non-hydrogen) atoms. The lowest BCUT2D eigenvalue weighted by molar-refractivity contribution is -0.870. The molecule has 0 rings (SSSR count). The van der Waals surface area contributed by atoms with Gasteiger partial charge in [-0.3, -0.25) is 18.6 Å². The number of carbonyl (C=O) groups excluding carboxylic acids is 2. The maximum atomic E-state index is 12.8. The van der Waals surface area contributed by atoms with E-state index in [2.05, 4.69) is 62.5 Å². The standard InChI is InChI=1S/C52H96NO8P/c1-6-8-10-12-14-16-18-20-22-24-25-26-27-29-31-33-35-37-39-41-43-45-52(55)61-50(49-60-62(56,57)59-47-46-53(3,4)5)48-58-51(54)44-42-40-38-36-34-32-30-28-23-21-19-17-15-13-11-9-7-2/h8,10,14,16,20,22,25-26,50H,6-7,9,11-13,15,17-19,21,23-24,27-49H2,1-5H3/p+1/b10-8-,16-14-,22-20-,26-25-. The molecule has 362 valence electrons. The van der Waals surface area contributed by atoms with Crippen molar-refractivity contribution in [2.45, 2.75) is 225 Å². The molecule has 0 aliphatic carbocycles. The van der Waals surface area contributed by atoms with Crippen LogP contribution < -0.4 is 0 Å². The van der Waals surface area contributed by atoms with Crippen LogP contribution in [-0.2, 0) is 32.7 Å². The van der Waals surface area contributed by atoms with Gasteiger partial charge in [-0.25, -0.2) is 4.57 Å². The SMILES string of the molecule is CC/C=C\C/C=C\C/C=C\C/C=C\CCCCCCCCCCC(=O)OC(COC(=O)CCCCCCCCCCCCCCCCCCC)COP(=O)(O)OCC[N+](C)(C)C. The minimum Gasteiger partial charge on any atom is -0.462 e. The third-order valence-corrected chi connectivity index (χ3v) is 11.9. The second-order valence-corrected chi connectivity index (χ2v) is 19.6. The fourth-order valence-corrected chi connectivity index (χ4v) is 7.69. The molecule has 0 aromatic heterocycles. The van der Waals surface area contributed by atoms with Gasteiger partial charge in [0.1, 0.15) is 19.8 Å². The Morgan fingerprint density at radius 1 is 0.516 bits per heavy atom. The van der Waals surface area contributed by atoms with Gasteiger partial charge in [-0.2, -0.15) is 0 Å². The Kier molecular flexibility index (Phi) is 42.7. The number of quaternary nitrogens is 1. The predicted octanol–water partition coefficient (Wildman–Crippen LogP) is 15.0. The monoisotopic (exact) mass is 895 g/mol. The van der Waals surface area contributed by atoms with Gasteiger partial charge in [0, 0.05) is 12.8 Å². The number of phosphoric acid groups is 1. The number of carbonyl (C=O) groups is 2. The lowest BCUT2D eigenvalue weighted by atomic mass is 10.0. The maximum absolute atomic E-state index is 12.8. The van der Waals surface area contributed by atoms with Crippen molar-refractivity contribution in [2.24, 2.45) is 0 Å². The van der Waals surface area contributed by atoms with Crippen molar-refractivity contribution in [3.63, 3.8) is 0 Å². The molecule has 0 fully saturated rings. The smallest absolute Gasteiger partial charge is 0.462 e. The van der Waals surface area contributed by atoms with Gasteiger partial charge in [-0.05, 0) is 51.4 Å². The number of allylic oxidation sites excluding steroid dienone is 8. The van der Waals surface area contributed by atoms with Gasteiger partial charge in [-0.1, -0.05) is 204 Å². The minimum absolute atomic E-state index is 0.0299. The van der Waals surface area contributed by atoms with Crippen molar-refractivity contribution >= 4 is 19.8 Å². The third kappa shape index (κ3) is 47.4. The first kappa shape index (κ1) is 60.0. The summed E-state index contributed by atoms with van der Waals surface area (Å²) in [5.41, 5.74) is 0. The van der Waals surface area contributed by atoms with Crippen molar-refractivity contribution in [3.05, 3.63) is 48.6 Å². The molecule has 0 spiro atoms.